The van der Waals surface area contributed by atoms with Gasteiger partial charge in [-0.2, -0.15) is 0 Å². The number of aliphatic hydroxyl groups is 3. The average molecular weight is 180 g/mol. The molecular weight excluding hydrogens is 171 g/mol. The number of ether oxygens (including phenoxy) is 1. The first kappa shape index (κ1) is 9.37. The first-order valence-corrected chi connectivity index (χ1v) is 3.39. The number of hydrogen-bond donors (Lipinski definition) is 3. The second-order valence-electron chi connectivity index (χ2n) is 2.54. The van der Waals surface area contributed by atoms with Crippen LogP contribution in [0.5, 0.6) is 0 Å². The molecule has 1 rings (SSSR count). The van der Waals surface area contributed by atoms with Crippen LogP contribution >= 0.6 is 0 Å². The van der Waals surface area contributed by atoms with Gasteiger partial charge in [0.05, 0.1) is 6.61 Å². The van der Waals surface area contributed by atoms with E-state index < -0.39 is 37.1 Å². The third-order valence-corrected chi connectivity index (χ3v) is 1.69. The summed E-state index contributed by atoms with van der Waals surface area (Å²) in [6.07, 6.45) is -7.00. The maximum absolute atomic E-state index is 12.8. The number of carbonyl (C=O) groups excluding carboxylic acids is 1. The summed E-state index contributed by atoms with van der Waals surface area (Å²) < 4.78 is 17.1. The highest BCUT2D eigenvalue weighted by atomic mass is 19.1. The molecule has 3 N–H and O–H groups in total. The topological polar surface area (TPSA) is 87.0 Å². The van der Waals surface area contributed by atoms with E-state index in [1.54, 1.807) is 0 Å². The summed E-state index contributed by atoms with van der Waals surface area (Å²) in [6.45, 7) is -0.712. The van der Waals surface area contributed by atoms with E-state index in [1.165, 1.54) is 0 Å². The zero-order valence-electron chi connectivity index (χ0n) is 6.05. The number of cyclic esters (lactones) is 1. The van der Waals surface area contributed by atoms with E-state index in [1.807, 2.05) is 0 Å². The maximum Gasteiger partial charge on any atom is 0.338 e. The molecule has 6 heteroatoms. The molecule has 1 unspecified atom stereocenters. The van der Waals surface area contributed by atoms with Crippen molar-refractivity contribution in [3.05, 3.63) is 0 Å². The van der Waals surface area contributed by atoms with Crippen molar-refractivity contribution in [2.75, 3.05) is 6.61 Å². The summed E-state index contributed by atoms with van der Waals surface area (Å²) in [5, 5.41) is 26.1. The van der Waals surface area contributed by atoms with Crippen LogP contribution in [0.15, 0.2) is 0 Å². The molecule has 1 heterocycles. The van der Waals surface area contributed by atoms with Crippen LogP contribution in [-0.2, 0) is 9.53 Å². The number of esters is 1. The predicted octanol–water partition coefficient (Wildman–Crippen LogP) is -2.04. The van der Waals surface area contributed by atoms with Crippen LogP contribution in [0.2, 0.25) is 0 Å². The minimum Gasteiger partial charge on any atom is -0.455 e. The minimum absolute atomic E-state index is 0.712. The molecule has 0 amide bonds. The summed E-state index contributed by atoms with van der Waals surface area (Å²) in [6, 6.07) is 0. The molecule has 1 saturated heterocycles. The van der Waals surface area contributed by atoms with Crippen LogP contribution in [0.25, 0.3) is 0 Å². The molecule has 0 aliphatic carbocycles. The quantitative estimate of drug-likeness (QED) is 0.405. The van der Waals surface area contributed by atoms with Crippen molar-refractivity contribution in [2.45, 2.75) is 24.5 Å². The van der Waals surface area contributed by atoms with Gasteiger partial charge in [-0.25, -0.2) is 9.18 Å². The molecule has 0 bridgehead atoms. The number of rotatable bonds is 1. The summed E-state index contributed by atoms with van der Waals surface area (Å²) >= 11 is 0. The molecule has 5 nitrogen and oxygen atoms in total. The molecular formula is C6H9FO5. The molecule has 1 aliphatic rings. The lowest BCUT2D eigenvalue weighted by Gasteiger charge is -2.31. The Morgan fingerprint density at radius 1 is 1.50 bits per heavy atom. The summed E-state index contributed by atoms with van der Waals surface area (Å²) in [7, 11) is 0. The van der Waals surface area contributed by atoms with Gasteiger partial charge in [0.25, 0.3) is 0 Å². The Morgan fingerprint density at radius 3 is 2.58 bits per heavy atom. The molecule has 0 aromatic heterocycles. The van der Waals surface area contributed by atoms with Gasteiger partial charge in [-0.05, 0) is 0 Å². The lowest BCUT2D eigenvalue weighted by molar-refractivity contribution is -0.196. The Labute approximate surface area is 67.4 Å². The Balaban J connectivity index is 2.70. The maximum atomic E-state index is 12.8. The van der Waals surface area contributed by atoms with Crippen molar-refractivity contribution < 1.29 is 29.2 Å². The van der Waals surface area contributed by atoms with Gasteiger partial charge >= 0.3 is 5.97 Å². The van der Waals surface area contributed by atoms with Crippen LogP contribution in [0.4, 0.5) is 4.39 Å². The lowest BCUT2D eigenvalue weighted by atomic mass is 10.0. The second-order valence-corrected chi connectivity index (χ2v) is 2.54. The molecule has 1 aliphatic heterocycles. The highest BCUT2D eigenvalue weighted by Gasteiger charge is 2.44. The molecule has 70 valence electrons. The summed E-state index contributed by atoms with van der Waals surface area (Å²) in [5.74, 6) is -1.12. The minimum atomic E-state index is -1.94. The number of hydrogen-bond acceptors (Lipinski definition) is 5. The van der Waals surface area contributed by atoms with E-state index in [9.17, 15) is 9.18 Å². The van der Waals surface area contributed by atoms with E-state index in [0.29, 0.717) is 0 Å². The highest BCUT2D eigenvalue weighted by Crippen LogP contribution is 2.18. The monoisotopic (exact) mass is 180 g/mol. The van der Waals surface area contributed by atoms with Crippen LogP contribution in [0.1, 0.15) is 0 Å². The van der Waals surface area contributed by atoms with Gasteiger partial charge in [0, 0.05) is 0 Å². The molecule has 0 saturated carbocycles. The third-order valence-electron chi connectivity index (χ3n) is 1.69. The molecule has 0 radical (unpaired) electrons. The van der Waals surface area contributed by atoms with Crippen LogP contribution in [0.3, 0.4) is 0 Å². The number of aliphatic hydroxyl groups excluding tert-OH is 3. The fraction of sp³-hybridized carbons (Fsp3) is 0.833. The zero-order chi connectivity index (χ0) is 9.30. The lowest BCUT2D eigenvalue weighted by Crippen LogP contribution is -2.54. The van der Waals surface area contributed by atoms with Crippen molar-refractivity contribution in [2.24, 2.45) is 0 Å². The molecule has 1 fully saturated rings. The number of alkyl halides is 1. The Kier molecular flexibility index (Phi) is 2.61. The zero-order valence-corrected chi connectivity index (χ0v) is 6.05. The Bertz CT molecular complexity index is 183. The van der Waals surface area contributed by atoms with Gasteiger partial charge in [-0.15, -0.1) is 0 Å². The van der Waals surface area contributed by atoms with E-state index >= 15 is 0 Å². The molecule has 4 atom stereocenters. The fourth-order valence-electron chi connectivity index (χ4n) is 0.955. The summed E-state index contributed by atoms with van der Waals surface area (Å²) in [4.78, 5) is 10.6. The number of halogens is 1. The standard InChI is InChI=1S/C6H9FO5/c7-3-2(1-8)12-6(11)5(10)4(3)9/h2-5,8-10H,1H2/t2-,3-,4+,5?/m1/s1. The van der Waals surface area contributed by atoms with Gasteiger partial charge in [0.2, 0.25) is 0 Å². The fourth-order valence-corrected chi connectivity index (χ4v) is 0.955. The highest BCUT2D eigenvalue weighted by molar-refractivity contribution is 5.76. The van der Waals surface area contributed by atoms with Crippen molar-refractivity contribution in [1.82, 2.24) is 0 Å². The first-order chi connectivity index (χ1) is 5.57. The molecule has 0 spiro atoms. The SMILES string of the molecule is O=C1O[C@H](CO)[C@@H](F)[C@H](O)C1O. The van der Waals surface area contributed by atoms with Crippen LogP contribution < -0.4 is 0 Å². The number of carbonyl (C=O) groups is 1. The van der Waals surface area contributed by atoms with E-state index in [0.717, 1.165) is 0 Å². The van der Waals surface area contributed by atoms with E-state index in [2.05, 4.69) is 4.74 Å². The van der Waals surface area contributed by atoms with Crippen molar-refractivity contribution in [3.63, 3.8) is 0 Å². The van der Waals surface area contributed by atoms with Crippen molar-refractivity contribution >= 4 is 5.97 Å². The largest absolute Gasteiger partial charge is 0.455 e. The van der Waals surface area contributed by atoms with Gasteiger partial charge in [-0.1, -0.05) is 0 Å². The van der Waals surface area contributed by atoms with Gasteiger partial charge in [0.15, 0.2) is 18.4 Å². The van der Waals surface area contributed by atoms with Gasteiger partial charge < -0.3 is 20.1 Å². The Morgan fingerprint density at radius 2 is 2.08 bits per heavy atom. The molecule has 0 aromatic rings. The van der Waals surface area contributed by atoms with Crippen molar-refractivity contribution in [1.29, 1.82) is 0 Å². The molecule has 12 heavy (non-hydrogen) atoms. The van der Waals surface area contributed by atoms with E-state index in [4.69, 9.17) is 15.3 Å². The van der Waals surface area contributed by atoms with Gasteiger partial charge in [-0.3, -0.25) is 0 Å². The summed E-state index contributed by atoms with van der Waals surface area (Å²) in [5.41, 5.74) is 0. The Hall–Kier alpha value is -0.720. The second kappa shape index (κ2) is 3.34. The van der Waals surface area contributed by atoms with Gasteiger partial charge in [0.1, 0.15) is 6.10 Å². The molecule has 0 aromatic carbocycles. The predicted molar refractivity (Wildman–Crippen MR) is 33.9 cm³/mol. The first-order valence-electron chi connectivity index (χ1n) is 3.39. The smallest absolute Gasteiger partial charge is 0.338 e. The third kappa shape index (κ3) is 1.40. The van der Waals surface area contributed by atoms with Crippen LogP contribution in [-0.4, -0.2) is 52.4 Å². The normalized spacial score (nSPS) is 42.5. The van der Waals surface area contributed by atoms with E-state index in [-0.39, 0.29) is 0 Å². The average Bonchev–Trinajstić information content (AvgIpc) is 2.08. The van der Waals surface area contributed by atoms with Crippen molar-refractivity contribution in [3.8, 4) is 0 Å². The van der Waals surface area contributed by atoms with Crippen LogP contribution in [0, 0.1) is 0 Å².